The first-order valence-electron chi connectivity index (χ1n) is 6.25. The van der Waals surface area contributed by atoms with E-state index in [2.05, 4.69) is 26.2 Å². The van der Waals surface area contributed by atoms with Crippen LogP contribution in [0.15, 0.2) is 39.4 Å². The number of anilines is 1. The first kappa shape index (κ1) is 14.7. The molecule has 1 aromatic heterocycles. The van der Waals surface area contributed by atoms with Gasteiger partial charge in [-0.1, -0.05) is 29.8 Å². The van der Waals surface area contributed by atoms with Gasteiger partial charge >= 0.3 is 0 Å². The first-order valence-corrected chi connectivity index (χ1v) is 7.04. The third-order valence-corrected chi connectivity index (χ3v) is 3.39. The molecule has 3 N–H and O–H groups in total. The summed E-state index contributed by atoms with van der Waals surface area (Å²) in [6.07, 6.45) is 1.33. The van der Waals surface area contributed by atoms with Gasteiger partial charge in [0.05, 0.1) is 6.04 Å². The van der Waals surface area contributed by atoms with Crippen LogP contribution in [0.2, 0.25) is 0 Å². The maximum absolute atomic E-state index is 12.0. The zero-order chi connectivity index (χ0) is 14.7. The summed E-state index contributed by atoms with van der Waals surface area (Å²) in [5.41, 5.74) is 6.84. The number of aromatic nitrogens is 1. The van der Waals surface area contributed by atoms with Crippen LogP contribution in [0.25, 0.3) is 0 Å². The fourth-order valence-corrected chi connectivity index (χ4v) is 1.82. The lowest BCUT2D eigenvalue weighted by molar-refractivity contribution is 0.102. The van der Waals surface area contributed by atoms with E-state index in [4.69, 9.17) is 10.2 Å². The Bertz CT molecular complexity index is 593. The number of amides is 1. The number of nitrogens with two attached hydrogens (primary N) is 1. The van der Waals surface area contributed by atoms with Crippen molar-refractivity contribution in [1.29, 1.82) is 0 Å². The number of rotatable bonds is 4. The molecule has 2 aromatic rings. The lowest BCUT2D eigenvalue weighted by Crippen LogP contribution is -2.18. The summed E-state index contributed by atoms with van der Waals surface area (Å²) < 4.78 is 6.21. The molecule has 0 bridgehead atoms. The van der Waals surface area contributed by atoms with E-state index in [1.165, 1.54) is 6.26 Å². The Kier molecular flexibility index (Phi) is 4.57. The minimum atomic E-state index is -0.321. The normalized spacial score (nSPS) is 12.4. The van der Waals surface area contributed by atoms with E-state index in [0.29, 0.717) is 11.6 Å². The lowest BCUT2D eigenvalue weighted by Gasteiger charge is -2.10. The summed E-state index contributed by atoms with van der Waals surface area (Å²) in [4.78, 5) is 16.2. The third-order valence-electron chi connectivity index (χ3n) is 2.86. The summed E-state index contributed by atoms with van der Waals surface area (Å²) in [6.45, 7) is 3.94. The molecule has 0 spiro atoms. The molecule has 1 unspecified atom stereocenters. The van der Waals surface area contributed by atoms with Crippen LogP contribution >= 0.6 is 15.9 Å². The maximum Gasteiger partial charge on any atom is 0.277 e. The van der Waals surface area contributed by atoms with E-state index in [9.17, 15) is 4.79 Å². The highest BCUT2D eigenvalue weighted by atomic mass is 79.9. The standard InChI is InChI=1S/C14H16BrN3O2/c1-8(2)12(16)14-18-11(7-20-14)13(19)17-10-5-3-9(15)4-6-10/h3-8,12H,16H2,1-2H3,(H,17,19). The summed E-state index contributed by atoms with van der Waals surface area (Å²) in [6, 6.07) is 6.96. The number of benzene rings is 1. The Morgan fingerprint density at radius 1 is 1.35 bits per heavy atom. The van der Waals surface area contributed by atoms with Crippen LogP contribution in [-0.4, -0.2) is 10.9 Å². The predicted molar refractivity (Wildman–Crippen MR) is 80.4 cm³/mol. The Morgan fingerprint density at radius 2 is 2.00 bits per heavy atom. The van der Waals surface area contributed by atoms with Crippen molar-refractivity contribution < 1.29 is 9.21 Å². The topological polar surface area (TPSA) is 81.1 Å². The fraction of sp³-hybridized carbons (Fsp3) is 0.286. The summed E-state index contributed by atoms with van der Waals surface area (Å²) in [5, 5.41) is 2.74. The average Bonchev–Trinajstić information content (AvgIpc) is 2.90. The lowest BCUT2D eigenvalue weighted by atomic mass is 10.1. The van der Waals surface area contributed by atoms with Crippen molar-refractivity contribution in [1.82, 2.24) is 4.98 Å². The Labute approximate surface area is 125 Å². The van der Waals surface area contributed by atoms with Crippen molar-refractivity contribution in [3.63, 3.8) is 0 Å². The first-order chi connectivity index (χ1) is 9.47. The summed E-state index contributed by atoms with van der Waals surface area (Å²) in [7, 11) is 0. The van der Waals surface area contributed by atoms with Gasteiger partial charge < -0.3 is 15.5 Å². The number of carbonyl (C=O) groups excluding carboxylic acids is 1. The molecule has 0 fully saturated rings. The van der Waals surface area contributed by atoms with Crippen molar-refractivity contribution in [2.45, 2.75) is 19.9 Å². The largest absolute Gasteiger partial charge is 0.446 e. The SMILES string of the molecule is CC(C)C(N)c1nc(C(=O)Nc2ccc(Br)cc2)co1. The van der Waals surface area contributed by atoms with Gasteiger partial charge in [-0.05, 0) is 30.2 Å². The molecule has 0 saturated carbocycles. The molecule has 1 heterocycles. The fourth-order valence-electron chi connectivity index (χ4n) is 1.56. The Morgan fingerprint density at radius 3 is 2.60 bits per heavy atom. The molecule has 0 aliphatic carbocycles. The molecule has 20 heavy (non-hydrogen) atoms. The second-order valence-electron chi connectivity index (χ2n) is 4.80. The van der Waals surface area contributed by atoms with Crippen LogP contribution in [0.1, 0.15) is 36.3 Å². The van der Waals surface area contributed by atoms with E-state index in [0.717, 1.165) is 4.47 Å². The average molecular weight is 338 g/mol. The highest BCUT2D eigenvalue weighted by Gasteiger charge is 2.19. The van der Waals surface area contributed by atoms with Gasteiger partial charge in [0.15, 0.2) is 5.69 Å². The number of nitrogens with one attached hydrogen (secondary N) is 1. The molecular formula is C14H16BrN3O2. The van der Waals surface area contributed by atoms with Crippen molar-refractivity contribution in [2.24, 2.45) is 11.7 Å². The number of hydrogen-bond donors (Lipinski definition) is 2. The highest BCUT2D eigenvalue weighted by molar-refractivity contribution is 9.10. The van der Waals surface area contributed by atoms with Gasteiger partial charge in [-0.15, -0.1) is 0 Å². The van der Waals surface area contributed by atoms with Gasteiger partial charge in [0.25, 0.3) is 5.91 Å². The van der Waals surface area contributed by atoms with Gasteiger partial charge in [0, 0.05) is 10.2 Å². The van der Waals surface area contributed by atoms with E-state index in [1.54, 1.807) is 12.1 Å². The van der Waals surface area contributed by atoms with Crippen molar-refractivity contribution >= 4 is 27.5 Å². The van der Waals surface area contributed by atoms with Crippen molar-refractivity contribution in [3.05, 3.63) is 46.6 Å². The molecule has 2 rings (SSSR count). The number of carbonyl (C=O) groups is 1. The van der Waals surface area contributed by atoms with Gasteiger partial charge in [-0.25, -0.2) is 4.98 Å². The van der Waals surface area contributed by atoms with Crippen molar-refractivity contribution in [3.8, 4) is 0 Å². The number of nitrogens with zero attached hydrogens (tertiary/aromatic N) is 1. The van der Waals surface area contributed by atoms with E-state index in [1.807, 2.05) is 26.0 Å². The molecule has 106 valence electrons. The van der Waals surface area contributed by atoms with Crippen LogP contribution in [-0.2, 0) is 0 Å². The monoisotopic (exact) mass is 337 g/mol. The number of hydrogen-bond acceptors (Lipinski definition) is 4. The Balaban J connectivity index is 2.08. The molecular weight excluding hydrogens is 322 g/mol. The van der Waals surface area contributed by atoms with Crippen LogP contribution in [0.3, 0.4) is 0 Å². The molecule has 0 radical (unpaired) electrons. The van der Waals surface area contributed by atoms with Crippen LogP contribution in [0.5, 0.6) is 0 Å². The molecule has 1 atom stereocenters. The molecule has 5 nitrogen and oxygen atoms in total. The summed E-state index contributed by atoms with van der Waals surface area (Å²) >= 11 is 3.34. The smallest absolute Gasteiger partial charge is 0.277 e. The third kappa shape index (κ3) is 3.46. The highest BCUT2D eigenvalue weighted by Crippen LogP contribution is 2.19. The number of oxazole rings is 1. The van der Waals surface area contributed by atoms with Crippen molar-refractivity contribution in [2.75, 3.05) is 5.32 Å². The summed E-state index contributed by atoms with van der Waals surface area (Å²) in [5.74, 6) is 0.246. The quantitative estimate of drug-likeness (QED) is 0.896. The molecule has 6 heteroatoms. The van der Waals surface area contributed by atoms with E-state index < -0.39 is 0 Å². The van der Waals surface area contributed by atoms with Gasteiger partial charge in [-0.2, -0.15) is 0 Å². The maximum atomic E-state index is 12.0. The van der Waals surface area contributed by atoms with Gasteiger partial charge in [0.1, 0.15) is 6.26 Å². The predicted octanol–water partition coefficient (Wildman–Crippen LogP) is 3.35. The molecule has 0 aliphatic heterocycles. The van der Waals surface area contributed by atoms with Crippen LogP contribution in [0, 0.1) is 5.92 Å². The van der Waals surface area contributed by atoms with Crippen LogP contribution < -0.4 is 11.1 Å². The second kappa shape index (κ2) is 6.19. The minimum Gasteiger partial charge on any atom is -0.446 e. The molecule has 1 amide bonds. The van der Waals surface area contributed by atoms with E-state index in [-0.39, 0.29) is 23.6 Å². The zero-order valence-electron chi connectivity index (χ0n) is 11.3. The van der Waals surface area contributed by atoms with E-state index >= 15 is 0 Å². The van der Waals surface area contributed by atoms with Gasteiger partial charge in [-0.3, -0.25) is 4.79 Å². The number of halogens is 1. The molecule has 0 saturated heterocycles. The minimum absolute atomic E-state index is 0.191. The van der Waals surface area contributed by atoms with Crippen LogP contribution in [0.4, 0.5) is 5.69 Å². The second-order valence-corrected chi connectivity index (χ2v) is 5.72. The molecule has 1 aromatic carbocycles. The van der Waals surface area contributed by atoms with Gasteiger partial charge in [0.2, 0.25) is 5.89 Å². The molecule has 0 aliphatic rings. The zero-order valence-corrected chi connectivity index (χ0v) is 12.8. The Hall–Kier alpha value is -1.66.